The quantitative estimate of drug-likeness (QED) is 0.844. The van der Waals surface area contributed by atoms with E-state index in [1.807, 2.05) is 0 Å². The Hall–Kier alpha value is -1.18. The molecule has 1 aromatic carbocycles. The molecule has 9 heteroatoms. The van der Waals surface area contributed by atoms with E-state index < -0.39 is 10.8 Å². The van der Waals surface area contributed by atoms with Gasteiger partial charge in [0.1, 0.15) is 0 Å². The second-order valence-corrected chi connectivity index (χ2v) is 7.37. The van der Waals surface area contributed by atoms with Crippen LogP contribution in [0.3, 0.4) is 0 Å². The molecule has 21 heavy (non-hydrogen) atoms. The van der Waals surface area contributed by atoms with Crippen molar-refractivity contribution in [2.45, 2.75) is 18.9 Å². The standard InChI is InChI=1S/C12H13Cl2N5OS/c13-9-5-7(6-10(15)11(9)14)12-16-17-18-19(12)8-1-3-21(20)4-2-8/h5-6,8H,1-4,15H2. The third kappa shape index (κ3) is 2.90. The summed E-state index contributed by atoms with van der Waals surface area (Å²) in [4.78, 5) is 0. The minimum Gasteiger partial charge on any atom is -0.397 e. The van der Waals surface area contributed by atoms with E-state index in [-0.39, 0.29) is 6.04 Å². The van der Waals surface area contributed by atoms with Crippen molar-refractivity contribution in [3.8, 4) is 11.4 Å². The van der Waals surface area contributed by atoms with Crippen LogP contribution in [0.5, 0.6) is 0 Å². The van der Waals surface area contributed by atoms with Crippen molar-refractivity contribution in [3.05, 3.63) is 22.2 Å². The van der Waals surface area contributed by atoms with Crippen LogP contribution in [0.4, 0.5) is 5.69 Å². The zero-order chi connectivity index (χ0) is 15.0. The third-order valence-electron chi connectivity index (χ3n) is 3.51. The fraction of sp³-hybridized carbons (Fsp3) is 0.417. The lowest BCUT2D eigenvalue weighted by molar-refractivity contribution is 0.415. The fourth-order valence-electron chi connectivity index (χ4n) is 2.39. The maximum absolute atomic E-state index is 11.5. The summed E-state index contributed by atoms with van der Waals surface area (Å²) in [6.07, 6.45) is 1.59. The summed E-state index contributed by atoms with van der Waals surface area (Å²) in [5, 5.41) is 12.6. The second kappa shape index (κ2) is 5.90. The Kier molecular flexibility index (Phi) is 4.14. The molecule has 0 atom stereocenters. The number of anilines is 1. The molecule has 0 spiro atoms. The molecule has 0 saturated carbocycles. The number of halogens is 2. The van der Waals surface area contributed by atoms with E-state index in [4.69, 9.17) is 28.9 Å². The first-order chi connectivity index (χ1) is 10.1. The molecule has 0 radical (unpaired) electrons. The van der Waals surface area contributed by atoms with Gasteiger partial charge in [-0.05, 0) is 35.4 Å². The molecule has 112 valence electrons. The monoisotopic (exact) mass is 345 g/mol. The smallest absolute Gasteiger partial charge is 0.182 e. The van der Waals surface area contributed by atoms with Crippen LogP contribution in [0.25, 0.3) is 11.4 Å². The van der Waals surface area contributed by atoms with Crippen molar-refractivity contribution in [1.29, 1.82) is 0 Å². The molecule has 2 N–H and O–H groups in total. The Morgan fingerprint density at radius 3 is 2.67 bits per heavy atom. The highest BCUT2D eigenvalue weighted by Crippen LogP contribution is 2.34. The average Bonchev–Trinajstić information content (AvgIpc) is 2.94. The summed E-state index contributed by atoms with van der Waals surface area (Å²) in [5.41, 5.74) is 6.95. The predicted octanol–water partition coefficient (Wildman–Crippen LogP) is 2.31. The van der Waals surface area contributed by atoms with Crippen molar-refractivity contribution in [1.82, 2.24) is 20.2 Å². The molecule has 2 heterocycles. The zero-order valence-corrected chi connectivity index (χ0v) is 13.3. The van der Waals surface area contributed by atoms with Crippen molar-refractivity contribution < 1.29 is 4.21 Å². The first kappa shape index (κ1) is 14.7. The lowest BCUT2D eigenvalue weighted by atomic mass is 10.1. The molecule has 0 bridgehead atoms. The van der Waals surface area contributed by atoms with Gasteiger partial charge in [0.25, 0.3) is 0 Å². The Balaban J connectivity index is 1.97. The predicted molar refractivity (Wildman–Crippen MR) is 83.8 cm³/mol. The molecule has 1 aliphatic heterocycles. The number of hydrogen-bond donors (Lipinski definition) is 1. The molecule has 1 aliphatic rings. The van der Waals surface area contributed by atoms with Gasteiger partial charge in [0, 0.05) is 27.9 Å². The van der Waals surface area contributed by atoms with Crippen molar-refractivity contribution >= 4 is 39.7 Å². The van der Waals surface area contributed by atoms with E-state index in [1.54, 1.807) is 16.8 Å². The van der Waals surface area contributed by atoms with E-state index in [1.165, 1.54) is 0 Å². The summed E-state index contributed by atoms with van der Waals surface area (Å²) in [7, 11) is -0.725. The summed E-state index contributed by atoms with van der Waals surface area (Å²) < 4.78 is 13.2. The van der Waals surface area contributed by atoms with Gasteiger partial charge in [-0.25, -0.2) is 4.68 Å². The largest absolute Gasteiger partial charge is 0.397 e. The van der Waals surface area contributed by atoms with Gasteiger partial charge in [-0.3, -0.25) is 4.21 Å². The number of tetrazole rings is 1. The van der Waals surface area contributed by atoms with Crippen LogP contribution >= 0.6 is 23.2 Å². The normalized spacial score (nSPS) is 22.4. The van der Waals surface area contributed by atoms with Gasteiger partial charge in [0.15, 0.2) is 5.82 Å². The van der Waals surface area contributed by atoms with Gasteiger partial charge in [-0.15, -0.1) is 5.10 Å². The molecule has 0 aliphatic carbocycles. The zero-order valence-electron chi connectivity index (χ0n) is 11.0. The van der Waals surface area contributed by atoms with Crippen LogP contribution in [-0.2, 0) is 10.8 Å². The molecule has 1 saturated heterocycles. The molecule has 0 amide bonds. The van der Waals surface area contributed by atoms with Crippen LogP contribution < -0.4 is 5.73 Å². The van der Waals surface area contributed by atoms with Crippen LogP contribution in [0, 0.1) is 0 Å². The molecule has 1 fully saturated rings. The van der Waals surface area contributed by atoms with Gasteiger partial charge in [0.05, 0.1) is 21.8 Å². The van der Waals surface area contributed by atoms with Crippen LogP contribution in [0.2, 0.25) is 10.0 Å². The molecule has 1 aromatic heterocycles. The SMILES string of the molecule is Nc1cc(-c2nnnn2C2CCS(=O)CC2)cc(Cl)c1Cl. The van der Waals surface area contributed by atoms with Crippen LogP contribution in [0.15, 0.2) is 12.1 Å². The number of nitrogens with two attached hydrogens (primary N) is 1. The van der Waals surface area contributed by atoms with E-state index in [2.05, 4.69) is 15.5 Å². The second-order valence-electron chi connectivity index (χ2n) is 4.89. The number of nitrogens with zero attached hydrogens (tertiary/aromatic N) is 4. The minimum absolute atomic E-state index is 0.142. The number of benzene rings is 1. The van der Waals surface area contributed by atoms with E-state index in [0.29, 0.717) is 33.1 Å². The highest BCUT2D eigenvalue weighted by molar-refractivity contribution is 7.85. The number of hydrogen-bond acceptors (Lipinski definition) is 5. The van der Waals surface area contributed by atoms with E-state index >= 15 is 0 Å². The van der Waals surface area contributed by atoms with E-state index in [0.717, 1.165) is 18.4 Å². The Bertz CT molecular complexity index is 672. The van der Waals surface area contributed by atoms with Gasteiger partial charge < -0.3 is 5.73 Å². The van der Waals surface area contributed by atoms with Crippen LogP contribution in [0.1, 0.15) is 18.9 Å². The van der Waals surface area contributed by atoms with E-state index in [9.17, 15) is 4.21 Å². The highest BCUT2D eigenvalue weighted by Gasteiger charge is 2.24. The molecule has 2 aromatic rings. The van der Waals surface area contributed by atoms with Gasteiger partial charge >= 0.3 is 0 Å². The fourth-order valence-corrected chi connectivity index (χ4v) is 4.00. The average molecular weight is 346 g/mol. The first-order valence-electron chi connectivity index (χ1n) is 6.44. The molecule has 6 nitrogen and oxygen atoms in total. The molecular formula is C12H13Cl2N5OS. The summed E-state index contributed by atoms with van der Waals surface area (Å²) >= 11 is 12.0. The lowest BCUT2D eigenvalue weighted by Gasteiger charge is -2.22. The minimum atomic E-state index is -0.725. The Morgan fingerprint density at radius 1 is 1.29 bits per heavy atom. The topological polar surface area (TPSA) is 86.7 Å². The first-order valence-corrected chi connectivity index (χ1v) is 8.68. The summed E-state index contributed by atoms with van der Waals surface area (Å²) in [5.74, 6) is 1.94. The van der Waals surface area contributed by atoms with Gasteiger partial charge in [0.2, 0.25) is 0 Å². The maximum Gasteiger partial charge on any atom is 0.182 e. The Labute approximate surface area is 134 Å². The number of rotatable bonds is 2. The van der Waals surface area contributed by atoms with Crippen LogP contribution in [-0.4, -0.2) is 35.9 Å². The van der Waals surface area contributed by atoms with Crippen molar-refractivity contribution in [2.75, 3.05) is 17.2 Å². The lowest BCUT2D eigenvalue weighted by Crippen LogP contribution is -2.23. The molecule has 0 unspecified atom stereocenters. The number of aromatic nitrogens is 4. The number of nitrogen functional groups attached to an aromatic ring is 1. The maximum atomic E-state index is 11.5. The van der Waals surface area contributed by atoms with Crippen molar-refractivity contribution in [3.63, 3.8) is 0 Å². The van der Waals surface area contributed by atoms with Gasteiger partial charge in [-0.1, -0.05) is 23.2 Å². The Morgan fingerprint density at radius 2 is 2.00 bits per heavy atom. The molecular weight excluding hydrogens is 333 g/mol. The highest BCUT2D eigenvalue weighted by atomic mass is 35.5. The van der Waals surface area contributed by atoms with Crippen molar-refractivity contribution in [2.24, 2.45) is 0 Å². The molecule has 3 rings (SSSR count). The van der Waals surface area contributed by atoms with Gasteiger partial charge in [-0.2, -0.15) is 0 Å². The third-order valence-corrected chi connectivity index (χ3v) is 5.71. The summed E-state index contributed by atoms with van der Waals surface area (Å²) in [6, 6.07) is 3.55. The summed E-state index contributed by atoms with van der Waals surface area (Å²) in [6.45, 7) is 0.